The average Bonchev–Trinajstić information content (AvgIpc) is 2.23. The third-order valence-corrected chi connectivity index (χ3v) is 2.82. The molecule has 0 fully saturated rings. The second-order valence-electron chi connectivity index (χ2n) is 3.23. The molecule has 6 heteroatoms. The number of benzene rings is 1. The minimum absolute atomic E-state index is 0.0704. The maximum atomic E-state index is 11.7. The van der Waals surface area contributed by atoms with Gasteiger partial charge >= 0.3 is 6.36 Å². The third-order valence-electron chi connectivity index (χ3n) is 1.86. The highest BCUT2D eigenvalue weighted by Gasteiger charge is 2.28. The summed E-state index contributed by atoms with van der Waals surface area (Å²) in [5.74, 6) is 0.111. The number of Topliss-reactive ketones (excluding diaryl/α,β-unsaturated/α-hetero) is 1. The number of halogens is 3. The Hall–Kier alpha value is -1.01. The van der Waals surface area contributed by atoms with E-state index in [1.54, 1.807) is 24.3 Å². The van der Waals surface area contributed by atoms with Crippen LogP contribution in [0.3, 0.4) is 0 Å². The molecule has 1 rings (SSSR count). The maximum Gasteiger partial charge on any atom is 0.522 e. The van der Waals surface area contributed by atoms with Gasteiger partial charge in [-0.25, -0.2) is 0 Å². The van der Waals surface area contributed by atoms with Crippen molar-refractivity contribution in [2.75, 3.05) is 12.4 Å². The van der Waals surface area contributed by atoms with E-state index in [1.807, 2.05) is 0 Å². The Morgan fingerprint density at radius 3 is 2.71 bits per heavy atom. The fourth-order valence-corrected chi connectivity index (χ4v) is 1.91. The lowest BCUT2D eigenvalue weighted by Gasteiger charge is -2.07. The van der Waals surface area contributed by atoms with E-state index >= 15 is 0 Å². The van der Waals surface area contributed by atoms with Gasteiger partial charge in [0.2, 0.25) is 0 Å². The van der Waals surface area contributed by atoms with E-state index in [4.69, 9.17) is 0 Å². The number of thioether (sulfide) groups is 1. The zero-order valence-corrected chi connectivity index (χ0v) is 9.90. The first-order chi connectivity index (χ1) is 7.88. The number of hydrogen-bond donors (Lipinski definition) is 0. The van der Waals surface area contributed by atoms with Gasteiger partial charge in [0.25, 0.3) is 0 Å². The number of rotatable bonds is 5. The summed E-state index contributed by atoms with van der Waals surface area (Å²) in [6.45, 7) is 1.04. The van der Waals surface area contributed by atoms with Crippen molar-refractivity contribution in [3.63, 3.8) is 0 Å². The molecule has 0 aromatic heterocycles. The van der Waals surface area contributed by atoms with Crippen molar-refractivity contribution in [1.29, 1.82) is 0 Å². The van der Waals surface area contributed by atoms with Crippen LogP contribution < -0.4 is 0 Å². The molecule has 17 heavy (non-hydrogen) atoms. The SMILES string of the molecule is CC(=O)c1cccc(SCCOC(F)(F)F)c1. The molecule has 0 heterocycles. The lowest BCUT2D eigenvalue weighted by molar-refractivity contribution is -0.322. The van der Waals surface area contributed by atoms with Gasteiger partial charge in [0.1, 0.15) is 0 Å². The van der Waals surface area contributed by atoms with Gasteiger partial charge in [-0.05, 0) is 19.1 Å². The lowest BCUT2D eigenvalue weighted by Crippen LogP contribution is -2.15. The minimum atomic E-state index is -4.58. The third kappa shape index (κ3) is 5.74. The van der Waals surface area contributed by atoms with Crippen molar-refractivity contribution < 1.29 is 22.7 Å². The first kappa shape index (κ1) is 14.1. The van der Waals surface area contributed by atoms with E-state index in [1.165, 1.54) is 18.7 Å². The molecule has 0 unspecified atom stereocenters. The molecule has 0 spiro atoms. The summed E-state index contributed by atoms with van der Waals surface area (Å²) in [6, 6.07) is 6.76. The van der Waals surface area contributed by atoms with Gasteiger partial charge in [-0.2, -0.15) is 0 Å². The van der Waals surface area contributed by atoms with Crippen LogP contribution in [0.4, 0.5) is 13.2 Å². The van der Waals surface area contributed by atoms with E-state index in [0.717, 1.165) is 4.90 Å². The Balaban J connectivity index is 2.42. The van der Waals surface area contributed by atoms with Crippen molar-refractivity contribution in [1.82, 2.24) is 0 Å². The van der Waals surface area contributed by atoms with Crippen LogP contribution in [0, 0.1) is 0 Å². The Morgan fingerprint density at radius 1 is 1.41 bits per heavy atom. The van der Waals surface area contributed by atoms with E-state index < -0.39 is 13.0 Å². The molecule has 0 saturated carbocycles. The maximum absolute atomic E-state index is 11.7. The summed E-state index contributed by atoms with van der Waals surface area (Å²) in [5, 5.41) is 0. The predicted octanol–water partition coefficient (Wildman–Crippen LogP) is 3.52. The number of alkyl halides is 3. The molecule has 0 aliphatic heterocycles. The molecule has 0 amide bonds. The molecule has 0 saturated heterocycles. The predicted molar refractivity (Wildman–Crippen MR) is 59.2 cm³/mol. The number of ether oxygens (including phenoxy) is 1. The molecule has 0 aliphatic rings. The topological polar surface area (TPSA) is 26.3 Å². The zero-order valence-electron chi connectivity index (χ0n) is 9.08. The van der Waals surface area contributed by atoms with E-state index in [2.05, 4.69) is 4.74 Å². The quantitative estimate of drug-likeness (QED) is 0.462. The molecular formula is C11H11F3O2S. The summed E-state index contributed by atoms with van der Waals surface area (Å²) in [5.41, 5.74) is 0.548. The van der Waals surface area contributed by atoms with Gasteiger partial charge in [0.15, 0.2) is 5.78 Å². The monoisotopic (exact) mass is 264 g/mol. The van der Waals surface area contributed by atoms with Crippen molar-refractivity contribution in [2.45, 2.75) is 18.2 Å². The van der Waals surface area contributed by atoms with Gasteiger partial charge in [-0.3, -0.25) is 9.53 Å². The first-order valence-electron chi connectivity index (χ1n) is 4.83. The average molecular weight is 264 g/mol. The summed E-state index contributed by atoms with van der Waals surface area (Å²) >= 11 is 1.22. The van der Waals surface area contributed by atoms with E-state index in [9.17, 15) is 18.0 Å². The second kappa shape index (κ2) is 6.07. The van der Waals surface area contributed by atoms with Gasteiger partial charge in [-0.15, -0.1) is 24.9 Å². The molecule has 0 N–H and O–H groups in total. The van der Waals surface area contributed by atoms with Crippen LogP contribution in [0.1, 0.15) is 17.3 Å². The molecule has 0 atom stereocenters. The zero-order chi connectivity index (χ0) is 12.9. The Labute approximate surface area is 101 Å². The number of carbonyl (C=O) groups excluding carboxylic acids is 1. The molecule has 1 aromatic rings. The Bertz CT molecular complexity index is 391. The number of ketones is 1. The lowest BCUT2D eigenvalue weighted by atomic mass is 10.2. The Kier molecular flexibility index (Phi) is 5.02. The number of hydrogen-bond acceptors (Lipinski definition) is 3. The van der Waals surface area contributed by atoms with Crippen molar-refractivity contribution >= 4 is 17.5 Å². The summed E-state index contributed by atoms with van der Waals surface area (Å²) < 4.78 is 38.7. The van der Waals surface area contributed by atoms with Crippen LogP contribution in [-0.2, 0) is 4.74 Å². The normalized spacial score (nSPS) is 11.5. The van der Waals surface area contributed by atoms with Gasteiger partial charge < -0.3 is 0 Å². The molecule has 0 bridgehead atoms. The smallest absolute Gasteiger partial charge is 0.295 e. The second-order valence-corrected chi connectivity index (χ2v) is 4.40. The highest BCUT2D eigenvalue weighted by molar-refractivity contribution is 7.99. The Morgan fingerprint density at radius 2 is 2.12 bits per heavy atom. The highest BCUT2D eigenvalue weighted by Crippen LogP contribution is 2.21. The number of carbonyl (C=O) groups is 1. The van der Waals surface area contributed by atoms with E-state index in [0.29, 0.717) is 5.56 Å². The largest absolute Gasteiger partial charge is 0.522 e. The molecular weight excluding hydrogens is 253 g/mol. The summed E-state index contributed by atoms with van der Waals surface area (Å²) in [6.07, 6.45) is -4.58. The van der Waals surface area contributed by atoms with Crippen LogP contribution >= 0.6 is 11.8 Å². The highest BCUT2D eigenvalue weighted by atomic mass is 32.2. The van der Waals surface area contributed by atoms with Crippen LogP contribution in [0.5, 0.6) is 0 Å². The van der Waals surface area contributed by atoms with Gasteiger partial charge in [-0.1, -0.05) is 12.1 Å². The minimum Gasteiger partial charge on any atom is -0.295 e. The van der Waals surface area contributed by atoms with Crippen molar-refractivity contribution in [2.24, 2.45) is 0 Å². The van der Waals surface area contributed by atoms with Gasteiger partial charge in [0.05, 0.1) is 6.61 Å². The fourth-order valence-electron chi connectivity index (χ4n) is 1.12. The van der Waals surface area contributed by atoms with Crippen molar-refractivity contribution in [3.05, 3.63) is 29.8 Å². The fraction of sp³-hybridized carbons (Fsp3) is 0.364. The standard InChI is InChI=1S/C11H11F3O2S/c1-8(15)9-3-2-4-10(7-9)17-6-5-16-11(12,13)14/h2-4,7H,5-6H2,1H3. The van der Waals surface area contributed by atoms with Crippen molar-refractivity contribution in [3.8, 4) is 0 Å². The van der Waals surface area contributed by atoms with Crippen LogP contribution in [0.25, 0.3) is 0 Å². The molecule has 0 radical (unpaired) electrons. The van der Waals surface area contributed by atoms with Crippen LogP contribution in [-0.4, -0.2) is 24.5 Å². The summed E-state index contributed by atoms with van der Waals surface area (Å²) in [4.78, 5) is 11.8. The van der Waals surface area contributed by atoms with Crippen LogP contribution in [0.15, 0.2) is 29.2 Å². The van der Waals surface area contributed by atoms with E-state index in [-0.39, 0.29) is 11.5 Å². The summed E-state index contributed by atoms with van der Waals surface area (Å²) in [7, 11) is 0. The molecule has 1 aromatic carbocycles. The van der Waals surface area contributed by atoms with Gasteiger partial charge in [0, 0.05) is 16.2 Å². The molecule has 94 valence electrons. The van der Waals surface area contributed by atoms with Crippen LogP contribution in [0.2, 0.25) is 0 Å². The molecule has 0 aliphatic carbocycles. The molecule has 2 nitrogen and oxygen atoms in total. The first-order valence-corrected chi connectivity index (χ1v) is 5.81.